The van der Waals surface area contributed by atoms with E-state index in [-0.39, 0.29) is 19.0 Å². The highest BCUT2D eigenvalue weighted by atomic mass is 16.9. The van der Waals surface area contributed by atoms with E-state index in [0.29, 0.717) is 6.61 Å². The molecule has 5 heteroatoms. The van der Waals surface area contributed by atoms with Crippen LogP contribution in [0.15, 0.2) is 30.3 Å². The van der Waals surface area contributed by atoms with Gasteiger partial charge in [-0.2, -0.15) is 0 Å². The molecule has 1 fully saturated rings. The number of carbonyl (C=O) groups excluding carboxylic acids is 1. The Bertz CT molecular complexity index is 613. The molecule has 0 N–H and O–H groups in total. The number of methoxy groups -OCH3 is 1. The monoisotopic (exact) mass is 418 g/mol. The van der Waals surface area contributed by atoms with Gasteiger partial charge in [-0.15, -0.1) is 0 Å². The first-order valence-electron chi connectivity index (χ1n) is 11.4. The highest BCUT2D eigenvalue weighted by molar-refractivity contribution is 5.81. The number of rotatable bonds is 15. The first kappa shape index (κ1) is 24.6. The highest BCUT2D eigenvalue weighted by Crippen LogP contribution is 2.24. The van der Waals surface area contributed by atoms with E-state index in [9.17, 15) is 4.79 Å². The lowest BCUT2D eigenvalue weighted by molar-refractivity contribution is -0.356. The van der Waals surface area contributed by atoms with Crippen LogP contribution in [-0.2, 0) is 19.0 Å². The van der Waals surface area contributed by atoms with Crippen molar-refractivity contribution in [2.24, 2.45) is 0 Å². The van der Waals surface area contributed by atoms with Gasteiger partial charge in [-0.25, -0.2) is 0 Å². The standard InChI is InChI=1S/C25H38O5/c1-3-4-5-6-7-8-9-10-11-12-19-28-25(29-20-23(26)21-30-25)18-17-22-13-15-24(27-2)16-14-22/h13-18H,3-12,19-21H2,1-2H3. The number of hydrogen-bond acceptors (Lipinski definition) is 5. The summed E-state index contributed by atoms with van der Waals surface area (Å²) in [5.41, 5.74) is 0.974. The third kappa shape index (κ3) is 9.41. The van der Waals surface area contributed by atoms with Crippen molar-refractivity contribution in [1.82, 2.24) is 0 Å². The van der Waals surface area contributed by atoms with Crippen molar-refractivity contribution in [1.29, 1.82) is 0 Å². The van der Waals surface area contributed by atoms with E-state index in [1.165, 1.54) is 51.4 Å². The zero-order valence-corrected chi connectivity index (χ0v) is 18.7. The van der Waals surface area contributed by atoms with Crippen molar-refractivity contribution >= 4 is 11.9 Å². The molecule has 0 atom stereocenters. The molecule has 2 rings (SSSR count). The molecule has 168 valence electrons. The predicted molar refractivity (Wildman–Crippen MR) is 119 cm³/mol. The molecular weight excluding hydrogens is 380 g/mol. The lowest BCUT2D eigenvalue weighted by atomic mass is 10.1. The first-order chi connectivity index (χ1) is 14.7. The second kappa shape index (κ2) is 14.3. The van der Waals surface area contributed by atoms with Crippen molar-refractivity contribution in [3.63, 3.8) is 0 Å². The minimum absolute atomic E-state index is 0.00494. The van der Waals surface area contributed by atoms with Gasteiger partial charge in [0, 0.05) is 6.08 Å². The van der Waals surface area contributed by atoms with Crippen molar-refractivity contribution in [2.45, 2.75) is 77.1 Å². The fraction of sp³-hybridized carbons (Fsp3) is 0.640. The van der Waals surface area contributed by atoms with E-state index >= 15 is 0 Å². The Labute approximate surface area is 181 Å². The van der Waals surface area contributed by atoms with Crippen LogP contribution in [0.5, 0.6) is 5.75 Å². The number of hydrogen-bond donors (Lipinski definition) is 0. The fourth-order valence-electron chi connectivity index (χ4n) is 3.39. The molecule has 1 aromatic rings. The Morgan fingerprint density at radius 1 is 0.900 bits per heavy atom. The molecule has 0 aliphatic carbocycles. The molecule has 0 bridgehead atoms. The van der Waals surface area contributed by atoms with Crippen molar-refractivity contribution < 1.29 is 23.7 Å². The third-order valence-electron chi connectivity index (χ3n) is 5.27. The Morgan fingerprint density at radius 3 is 2.03 bits per heavy atom. The quantitative estimate of drug-likeness (QED) is 0.331. The Morgan fingerprint density at radius 2 is 1.47 bits per heavy atom. The van der Waals surface area contributed by atoms with E-state index < -0.39 is 5.97 Å². The van der Waals surface area contributed by atoms with Crippen LogP contribution in [0.4, 0.5) is 0 Å². The second-order valence-corrected chi connectivity index (χ2v) is 7.86. The zero-order chi connectivity index (χ0) is 21.5. The van der Waals surface area contributed by atoms with E-state index in [0.717, 1.165) is 24.2 Å². The molecule has 1 aromatic carbocycles. The number of benzene rings is 1. The maximum atomic E-state index is 11.5. The summed E-state index contributed by atoms with van der Waals surface area (Å²) >= 11 is 0. The van der Waals surface area contributed by atoms with E-state index in [1.807, 2.05) is 30.3 Å². The molecule has 0 saturated carbocycles. The average Bonchev–Trinajstić information content (AvgIpc) is 2.78. The predicted octanol–water partition coefficient (Wildman–Crippen LogP) is 5.92. The Balaban J connectivity index is 1.71. The molecule has 0 aromatic heterocycles. The summed E-state index contributed by atoms with van der Waals surface area (Å²) in [6, 6.07) is 7.67. The van der Waals surface area contributed by atoms with Crippen molar-refractivity contribution in [3.8, 4) is 5.75 Å². The maximum Gasteiger partial charge on any atom is 0.305 e. The van der Waals surface area contributed by atoms with Crippen LogP contribution in [-0.4, -0.2) is 38.7 Å². The van der Waals surface area contributed by atoms with Crippen molar-refractivity contribution in [3.05, 3.63) is 35.9 Å². The van der Waals surface area contributed by atoms with Gasteiger partial charge in [0.1, 0.15) is 19.0 Å². The highest BCUT2D eigenvalue weighted by Gasteiger charge is 2.36. The van der Waals surface area contributed by atoms with Gasteiger partial charge in [0.15, 0.2) is 5.78 Å². The lowest BCUT2D eigenvalue weighted by Crippen LogP contribution is -2.45. The normalized spacial score (nSPS) is 16.3. The van der Waals surface area contributed by atoms with Gasteiger partial charge in [0.2, 0.25) is 0 Å². The van der Waals surface area contributed by atoms with Gasteiger partial charge >= 0.3 is 5.97 Å². The largest absolute Gasteiger partial charge is 0.497 e. The molecule has 0 unspecified atom stereocenters. The number of ether oxygens (including phenoxy) is 4. The lowest BCUT2D eigenvalue weighted by Gasteiger charge is -2.33. The van der Waals surface area contributed by atoms with E-state index in [4.69, 9.17) is 18.9 Å². The molecule has 5 nitrogen and oxygen atoms in total. The molecule has 1 saturated heterocycles. The van der Waals surface area contributed by atoms with E-state index in [1.54, 1.807) is 13.2 Å². The van der Waals surface area contributed by atoms with Crippen LogP contribution in [0.1, 0.15) is 76.7 Å². The maximum absolute atomic E-state index is 11.5. The molecular formula is C25H38O5. The average molecular weight is 419 g/mol. The first-order valence-corrected chi connectivity index (χ1v) is 11.4. The van der Waals surface area contributed by atoms with Crippen LogP contribution in [0, 0.1) is 0 Å². The zero-order valence-electron chi connectivity index (χ0n) is 18.7. The summed E-state index contributed by atoms with van der Waals surface area (Å²) in [6.45, 7) is 2.80. The minimum atomic E-state index is -1.28. The van der Waals surface area contributed by atoms with E-state index in [2.05, 4.69) is 6.92 Å². The SMILES string of the molecule is CCCCCCCCCCCCOC1(C=Cc2ccc(OC)cc2)OCC(=O)CO1. The summed E-state index contributed by atoms with van der Waals surface area (Å²) < 4.78 is 22.4. The van der Waals surface area contributed by atoms with Gasteiger partial charge < -0.3 is 18.9 Å². The summed E-state index contributed by atoms with van der Waals surface area (Å²) in [6.07, 6.45) is 16.3. The summed E-state index contributed by atoms with van der Waals surface area (Å²) in [4.78, 5) is 11.5. The van der Waals surface area contributed by atoms with Crippen LogP contribution in [0.2, 0.25) is 0 Å². The summed E-state index contributed by atoms with van der Waals surface area (Å²) in [5.74, 6) is -0.562. The molecule has 1 aliphatic heterocycles. The number of carbonyl (C=O) groups is 1. The van der Waals surface area contributed by atoms with Gasteiger partial charge in [-0.1, -0.05) is 82.9 Å². The Hall–Kier alpha value is -1.69. The Kier molecular flexibility index (Phi) is 11.7. The number of Topliss-reactive ketones (excluding diaryl/α,β-unsaturated/α-hetero) is 1. The third-order valence-corrected chi connectivity index (χ3v) is 5.27. The van der Waals surface area contributed by atoms with Gasteiger partial charge in [0.25, 0.3) is 0 Å². The molecule has 30 heavy (non-hydrogen) atoms. The molecule has 0 amide bonds. The van der Waals surface area contributed by atoms with Crippen LogP contribution in [0.25, 0.3) is 6.08 Å². The van der Waals surface area contributed by atoms with Gasteiger partial charge in [-0.3, -0.25) is 4.79 Å². The topological polar surface area (TPSA) is 54.0 Å². The smallest absolute Gasteiger partial charge is 0.305 e. The van der Waals surface area contributed by atoms with Crippen LogP contribution >= 0.6 is 0 Å². The van der Waals surface area contributed by atoms with Crippen molar-refractivity contribution in [2.75, 3.05) is 26.9 Å². The molecule has 1 aliphatic rings. The summed E-state index contributed by atoms with van der Waals surface area (Å²) in [7, 11) is 1.64. The van der Waals surface area contributed by atoms with Gasteiger partial charge in [0.05, 0.1) is 13.7 Å². The fourth-order valence-corrected chi connectivity index (χ4v) is 3.39. The molecule has 0 spiro atoms. The van der Waals surface area contributed by atoms with Crippen LogP contribution < -0.4 is 4.74 Å². The second-order valence-electron chi connectivity index (χ2n) is 7.86. The minimum Gasteiger partial charge on any atom is -0.497 e. The number of ketones is 1. The van der Waals surface area contributed by atoms with Gasteiger partial charge in [-0.05, 0) is 24.1 Å². The number of unbranched alkanes of at least 4 members (excludes halogenated alkanes) is 9. The molecule has 1 heterocycles. The van der Waals surface area contributed by atoms with Crippen LogP contribution in [0.3, 0.4) is 0 Å². The summed E-state index contributed by atoms with van der Waals surface area (Å²) in [5, 5.41) is 0. The molecule has 0 radical (unpaired) electrons.